The Hall–Kier alpha value is -3.72. The van der Waals surface area contributed by atoms with Gasteiger partial charge in [0.15, 0.2) is 0 Å². The molecule has 1 aliphatic rings. The van der Waals surface area contributed by atoms with Gasteiger partial charge in [0, 0.05) is 18.0 Å². The van der Waals surface area contributed by atoms with Gasteiger partial charge in [0.05, 0.1) is 30.9 Å². The average molecular weight is 482 g/mol. The van der Waals surface area contributed by atoms with Crippen LogP contribution in [0.25, 0.3) is 10.8 Å². The summed E-state index contributed by atoms with van der Waals surface area (Å²) in [5, 5.41) is 3.93. The topological polar surface area (TPSA) is 113 Å². The van der Waals surface area contributed by atoms with Crippen LogP contribution in [-0.4, -0.2) is 47.8 Å². The van der Waals surface area contributed by atoms with Crippen LogP contribution in [-0.2, 0) is 16.1 Å². The predicted molar refractivity (Wildman–Crippen MR) is 128 cm³/mol. The van der Waals surface area contributed by atoms with Gasteiger partial charge in [0.1, 0.15) is 12.4 Å². The third-order valence-corrected chi connectivity index (χ3v) is 5.63. The molecule has 35 heavy (non-hydrogen) atoms. The van der Waals surface area contributed by atoms with Crippen LogP contribution in [0.5, 0.6) is 11.6 Å². The summed E-state index contributed by atoms with van der Waals surface area (Å²) < 4.78 is 32.4. The highest BCUT2D eigenvalue weighted by Gasteiger charge is 2.48. The molecule has 1 aromatic heterocycles. The van der Waals surface area contributed by atoms with E-state index in [1.165, 1.54) is 6.20 Å². The Morgan fingerprint density at radius 2 is 2.03 bits per heavy atom. The fourth-order valence-electron chi connectivity index (χ4n) is 3.99. The number of halogens is 1. The summed E-state index contributed by atoms with van der Waals surface area (Å²) in [4.78, 5) is 28.5. The maximum absolute atomic E-state index is 15.3. The number of nitrogens with zero attached hydrogens (tertiary/aromatic N) is 1. The second-order valence-corrected chi connectivity index (χ2v) is 8.85. The van der Waals surface area contributed by atoms with Crippen molar-refractivity contribution in [3.8, 4) is 11.6 Å². The molecular weight excluding hydrogens is 453 g/mol. The highest BCUT2D eigenvalue weighted by Crippen LogP contribution is 2.32. The minimum absolute atomic E-state index is 0.0140. The molecule has 9 heteroatoms. The van der Waals surface area contributed by atoms with Crippen molar-refractivity contribution < 1.29 is 28.2 Å². The van der Waals surface area contributed by atoms with E-state index in [1.807, 2.05) is 44.2 Å². The lowest BCUT2D eigenvalue weighted by Gasteiger charge is -2.17. The average Bonchev–Trinajstić information content (AvgIpc) is 3.10. The first-order chi connectivity index (χ1) is 16.7. The molecule has 0 spiro atoms. The monoisotopic (exact) mass is 481 g/mol. The van der Waals surface area contributed by atoms with Gasteiger partial charge in [-0.15, -0.1) is 0 Å². The summed E-state index contributed by atoms with van der Waals surface area (Å²) in [5.41, 5.74) is 4.53. The van der Waals surface area contributed by atoms with Crippen LogP contribution in [0.2, 0.25) is 0 Å². The van der Waals surface area contributed by atoms with E-state index in [4.69, 9.17) is 19.9 Å². The SMILES string of the molecule is CC(C)Oc1cc2c(OCC3CC(F)(COCc4ccccc4)C(=O)N3)nccc2cc1C(N)=O. The smallest absolute Gasteiger partial charge is 0.260 e. The third-order valence-electron chi connectivity index (χ3n) is 5.63. The zero-order valence-corrected chi connectivity index (χ0v) is 19.6. The number of amides is 2. The number of benzene rings is 2. The highest BCUT2D eigenvalue weighted by molar-refractivity contribution is 6.01. The summed E-state index contributed by atoms with van der Waals surface area (Å²) in [7, 11) is 0. The van der Waals surface area contributed by atoms with E-state index >= 15 is 4.39 Å². The maximum Gasteiger partial charge on any atom is 0.260 e. The number of carbonyl (C=O) groups is 2. The Kier molecular flexibility index (Phi) is 7.16. The molecule has 2 heterocycles. The molecule has 3 N–H and O–H groups in total. The molecule has 2 atom stereocenters. The summed E-state index contributed by atoms with van der Waals surface area (Å²) in [5.74, 6) is -0.726. The number of aromatic nitrogens is 1. The highest BCUT2D eigenvalue weighted by atomic mass is 19.1. The second kappa shape index (κ2) is 10.3. The second-order valence-electron chi connectivity index (χ2n) is 8.85. The first kappa shape index (κ1) is 24.4. The number of ether oxygens (including phenoxy) is 3. The molecule has 3 aromatic rings. The van der Waals surface area contributed by atoms with Crippen LogP contribution >= 0.6 is 0 Å². The Morgan fingerprint density at radius 3 is 2.74 bits per heavy atom. The number of pyridine rings is 1. The summed E-state index contributed by atoms with van der Waals surface area (Å²) in [6, 6.07) is 13.8. The summed E-state index contributed by atoms with van der Waals surface area (Å²) in [6.45, 7) is 3.56. The number of hydrogen-bond donors (Lipinski definition) is 2. The van der Waals surface area contributed by atoms with E-state index in [9.17, 15) is 9.59 Å². The van der Waals surface area contributed by atoms with Crippen LogP contribution in [0.4, 0.5) is 4.39 Å². The molecule has 8 nitrogen and oxygen atoms in total. The van der Waals surface area contributed by atoms with E-state index in [0.717, 1.165) is 5.56 Å². The predicted octanol–water partition coefficient (Wildman–Crippen LogP) is 3.31. The number of hydrogen-bond acceptors (Lipinski definition) is 6. The molecule has 2 amide bonds. The van der Waals surface area contributed by atoms with Crippen molar-refractivity contribution >= 4 is 22.6 Å². The number of alkyl halides is 1. The molecule has 1 fully saturated rings. The van der Waals surface area contributed by atoms with Gasteiger partial charge < -0.3 is 25.3 Å². The molecule has 0 bridgehead atoms. The number of fused-ring (bicyclic) bond motifs is 1. The van der Waals surface area contributed by atoms with Gasteiger partial charge in [-0.05, 0) is 43.0 Å². The minimum atomic E-state index is -2.14. The molecule has 4 rings (SSSR count). The van der Waals surface area contributed by atoms with Crippen LogP contribution in [0.1, 0.15) is 36.2 Å². The Labute approximate surface area is 202 Å². The van der Waals surface area contributed by atoms with Gasteiger partial charge in [0.25, 0.3) is 11.8 Å². The zero-order valence-electron chi connectivity index (χ0n) is 19.6. The molecule has 0 saturated carbocycles. The minimum Gasteiger partial charge on any atom is -0.490 e. The lowest BCUT2D eigenvalue weighted by Crippen LogP contribution is -2.38. The first-order valence-corrected chi connectivity index (χ1v) is 11.4. The Bertz CT molecular complexity index is 1220. The van der Waals surface area contributed by atoms with Crippen molar-refractivity contribution in [1.29, 1.82) is 0 Å². The number of carbonyl (C=O) groups excluding carboxylic acids is 2. The molecular formula is C26H28FN3O5. The maximum atomic E-state index is 15.3. The molecule has 1 saturated heterocycles. The van der Waals surface area contributed by atoms with Gasteiger partial charge in [-0.2, -0.15) is 0 Å². The number of primary amides is 1. The van der Waals surface area contributed by atoms with Crippen LogP contribution in [0, 0.1) is 0 Å². The molecule has 2 unspecified atom stereocenters. The fraction of sp³-hybridized carbons (Fsp3) is 0.346. The van der Waals surface area contributed by atoms with E-state index in [1.54, 1.807) is 18.2 Å². The normalized spacial score (nSPS) is 19.7. The van der Waals surface area contributed by atoms with Crippen molar-refractivity contribution in [2.75, 3.05) is 13.2 Å². The third kappa shape index (κ3) is 5.68. The van der Waals surface area contributed by atoms with E-state index in [0.29, 0.717) is 16.5 Å². The Morgan fingerprint density at radius 1 is 1.26 bits per heavy atom. The number of nitrogens with two attached hydrogens (primary N) is 1. The van der Waals surface area contributed by atoms with Crippen LogP contribution in [0.3, 0.4) is 0 Å². The van der Waals surface area contributed by atoms with Crippen LogP contribution in [0.15, 0.2) is 54.7 Å². The quantitative estimate of drug-likeness (QED) is 0.459. The molecule has 0 radical (unpaired) electrons. The van der Waals surface area contributed by atoms with Crippen LogP contribution < -0.4 is 20.5 Å². The van der Waals surface area contributed by atoms with E-state index in [-0.39, 0.29) is 43.8 Å². The van der Waals surface area contributed by atoms with Gasteiger partial charge in [0.2, 0.25) is 11.5 Å². The number of nitrogens with one attached hydrogen (secondary N) is 1. The van der Waals surface area contributed by atoms with Crippen molar-refractivity contribution in [2.45, 2.75) is 44.7 Å². The van der Waals surface area contributed by atoms with Gasteiger partial charge in [-0.1, -0.05) is 30.3 Å². The van der Waals surface area contributed by atoms with Crippen molar-refractivity contribution in [2.24, 2.45) is 5.73 Å². The summed E-state index contributed by atoms with van der Waals surface area (Å²) in [6.07, 6.45) is 1.27. The number of rotatable bonds is 10. The first-order valence-electron chi connectivity index (χ1n) is 11.4. The zero-order chi connectivity index (χ0) is 25.0. The Balaban J connectivity index is 1.43. The molecule has 2 aromatic carbocycles. The van der Waals surface area contributed by atoms with E-state index in [2.05, 4.69) is 10.3 Å². The van der Waals surface area contributed by atoms with Gasteiger partial charge in [-0.25, -0.2) is 9.37 Å². The summed E-state index contributed by atoms with van der Waals surface area (Å²) >= 11 is 0. The lowest BCUT2D eigenvalue weighted by atomic mass is 10.0. The van der Waals surface area contributed by atoms with Gasteiger partial charge >= 0.3 is 0 Å². The van der Waals surface area contributed by atoms with Crippen molar-refractivity contribution in [3.63, 3.8) is 0 Å². The van der Waals surface area contributed by atoms with Crippen molar-refractivity contribution in [3.05, 3.63) is 65.9 Å². The fourth-order valence-corrected chi connectivity index (χ4v) is 3.99. The van der Waals surface area contributed by atoms with Gasteiger partial charge in [-0.3, -0.25) is 9.59 Å². The molecule has 184 valence electrons. The molecule has 0 aliphatic carbocycles. The van der Waals surface area contributed by atoms with Crippen molar-refractivity contribution in [1.82, 2.24) is 10.3 Å². The lowest BCUT2D eigenvalue weighted by molar-refractivity contribution is -0.133. The molecule has 1 aliphatic heterocycles. The van der Waals surface area contributed by atoms with E-state index < -0.39 is 23.5 Å². The largest absolute Gasteiger partial charge is 0.490 e. The standard InChI is InChI=1S/C26H28FN3O5/c1-16(2)35-22-11-20-18(10-21(22)23(28)31)8-9-29-24(20)34-14-19-12-26(27,25(32)30-19)15-33-13-17-6-4-3-5-7-17/h3-11,16,19H,12-15H2,1-2H3,(H2,28,31)(H,30,32).